The lowest BCUT2D eigenvalue weighted by atomic mass is 10.2. The molecule has 0 atom stereocenters. The molecule has 0 aliphatic heterocycles. The Hall–Kier alpha value is -2.19. The predicted octanol–water partition coefficient (Wildman–Crippen LogP) is 1.51. The van der Waals surface area contributed by atoms with Crippen molar-refractivity contribution in [3.05, 3.63) is 54.6 Å². The number of hydrogen-bond donors (Lipinski definition) is 0. The second-order valence-corrected chi connectivity index (χ2v) is 2.94. The Morgan fingerprint density at radius 3 is 2.93 bits per heavy atom. The summed E-state index contributed by atoms with van der Waals surface area (Å²) in [5, 5.41) is 7.74. The summed E-state index contributed by atoms with van der Waals surface area (Å²) < 4.78 is 0. The van der Waals surface area contributed by atoms with Crippen molar-refractivity contribution in [2.24, 2.45) is 5.10 Å². The summed E-state index contributed by atoms with van der Waals surface area (Å²) in [7, 11) is 0. The number of rotatable bonds is 3. The van der Waals surface area contributed by atoms with Crippen molar-refractivity contribution >= 4 is 5.87 Å². The zero-order valence-electron chi connectivity index (χ0n) is 8.11. The summed E-state index contributed by atoms with van der Waals surface area (Å²) in [6.45, 7) is 0. The lowest BCUT2D eigenvalue weighted by Crippen LogP contribution is -1.86. The third-order valence-corrected chi connectivity index (χ3v) is 1.84. The van der Waals surface area contributed by atoms with Crippen LogP contribution < -0.4 is 0 Å². The number of aromatic nitrogens is 3. The normalized spacial score (nSPS) is 9.33. The standard InChI is InChI=1S/C11H10N4/c1-2-5-11(6-3-1)7-4-8-13-15-10-12-9-14-15/h1-6,9-10H,7H2. The van der Waals surface area contributed by atoms with Gasteiger partial charge < -0.3 is 0 Å². The van der Waals surface area contributed by atoms with Gasteiger partial charge >= 0.3 is 0 Å². The molecule has 1 aromatic heterocycles. The molecule has 0 saturated heterocycles. The van der Waals surface area contributed by atoms with Crippen LogP contribution in [0, 0.1) is 0 Å². The van der Waals surface area contributed by atoms with Gasteiger partial charge in [0.05, 0.1) is 0 Å². The molecule has 2 rings (SSSR count). The van der Waals surface area contributed by atoms with Gasteiger partial charge in [-0.15, -0.1) is 15.0 Å². The van der Waals surface area contributed by atoms with Gasteiger partial charge in [-0.2, -0.15) is 0 Å². The molecule has 0 amide bonds. The topological polar surface area (TPSA) is 43.1 Å². The Morgan fingerprint density at radius 2 is 2.20 bits per heavy atom. The van der Waals surface area contributed by atoms with Gasteiger partial charge in [0.25, 0.3) is 0 Å². The maximum atomic E-state index is 3.92. The molecule has 0 radical (unpaired) electrons. The van der Waals surface area contributed by atoms with Crippen LogP contribution in [-0.2, 0) is 6.42 Å². The van der Waals surface area contributed by atoms with Gasteiger partial charge in [0.2, 0.25) is 0 Å². The second-order valence-electron chi connectivity index (χ2n) is 2.94. The molecule has 2 aromatic rings. The molecular weight excluding hydrogens is 188 g/mol. The van der Waals surface area contributed by atoms with Crippen molar-refractivity contribution in [1.82, 2.24) is 14.9 Å². The smallest absolute Gasteiger partial charge is 0.140 e. The summed E-state index contributed by atoms with van der Waals surface area (Å²) in [6, 6.07) is 10.1. The van der Waals surface area contributed by atoms with Gasteiger partial charge in [-0.25, -0.2) is 4.98 Å². The summed E-state index contributed by atoms with van der Waals surface area (Å²) in [6.07, 6.45) is 5.63. The van der Waals surface area contributed by atoms with E-state index in [0.29, 0.717) is 0 Å². The average Bonchev–Trinajstić information content (AvgIpc) is 2.79. The van der Waals surface area contributed by atoms with Crippen LogP contribution in [-0.4, -0.2) is 20.7 Å². The third-order valence-electron chi connectivity index (χ3n) is 1.84. The fourth-order valence-corrected chi connectivity index (χ4v) is 1.13. The molecule has 0 saturated carbocycles. The summed E-state index contributed by atoms with van der Waals surface area (Å²) >= 11 is 0. The minimum absolute atomic E-state index is 0.818. The summed E-state index contributed by atoms with van der Waals surface area (Å²) in [5.41, 5.74) is 1.23. The van der Waals surface area contributed by atoms with E-state index in [1.807, 2.05) is 24.3 Å². The Kier molecular flexibility index (Phi) is 3.05. The van der Waals surface area contributed by atoms with Crippen LogP contribution in [0.15, 0.2) is 54.2 Å². The average molecular weight is 198 g/mol. The highest BCUT2D eigenvalue weighted by Gasteiger charge is 1.84. The number of hydrogen-bond acceptors (Lipinski definition) is 3. The molecule has 4 heteroatoms. The van der Waals surface area contributed by atoms with Crippen molar-refractivity contribution in [3.8, 4) is 0 Å². The van der Waals surface area contributed by atoms with Crippen LogP contribution in [0.2, 0.25) is 0 Å². The fraction of sp³-hybridized carbons (Fsp3) is 0.0909. The summed E-state index contributed by atoms with van der Waals surface area (Å²) in [4.78, 5) is 5.13. The van der Waals surface area contributed by atoms with Crippen LogP contribution >= 0.6 is 0 Å². The van der Waals surface area contributed by atoms with Crippen LogP contribution in [0.1, 0.15) is 5.56 Å². The molecule has 1 heterocycles. The first kappa shape index (κ1) is 9.37. The van der Waals surface area contributed by atoms with Gasteiger partial charge in [0, 0.05) is 5.87 Å². The Labute approximate surface area is 87.6 Å². The Bertz CT molecular complexity index is 453. The molecule has 0 bridgehead atoms. The SMILES string of the molecule is C(=CCc1ccccc1)=Nn1cncn1. The van der Waals surface area contributed by atoms with E-state index in [0.717, 1.165) is 6.42 Å². The maximum Gasteiger partial charge on any atom is 0.140 e. The molecular formula is C11H10N4. The monoisotopic (exact) mass is 198 g/mol. The molecule has 74 valence electrons. The van der Waals surface area contributed by atoms with E-state index in [1.165, 1.54) is 23.0 Å². The quantitative estimate of drug-likeness (QED) is 0.701. The first-order valence-electron chi connectivity index (χ1n) is 4.62. The molecule has 0 aliphatic carbocycles. The summed E-state index contributed by atoms with van der Waals surface area (Å²) in [5.74, 6) is 2.80. The zero-order valence-corrected chi connectivity index (χ0v) is 8.11. The number of benzene rings is 1. The van der Waals surface area contributed by atoms with E-state index >= 15 is 0 Å². The number of nitrogens with zero attached hydrogens (tertiary/aromatic N) is 4. The highest BCUT2D eigenvalue weighted by atomic mass is 15.5. The zero-order chi connectivity index (χ0) is 10.3. The first-order chi connectivity index (χ1) is 7.45. The van der Waals surface area contributed by atoms with E-state index in [2.05, 4.69) is 33.2 Å². The lowest BCUT2D eigenvalue weighted by Gasteiger charge is -1.91. The van der Waals surface area contributed by atoms with E-state index in [9.17, 15) is 0 Å². The van der Waals surface area contributed by atoms with Crippen molar-refractivity contribution in [1.29, 1.82) is 0 Å². The van der Waals surface area contributed by atoms with Crippen molar-refractivity contribution < 1.29 is 0 Å². The van der Waals surface area contributed by atoms with Gasteiger partial charge in [-0.05, 0) is 18.1 Å². The van der Waals surface area contributed by atoms with E-state index < -0.39 is 0 Å². The Balaban J connectivity index is 1.96. The highest BCUT2D eigenvalue weighted by Crippen LogP contribution is 1.98. The van der Waals surface area contributed by atoms with E-state index in [4.69, 9.17) is 0 Å². The molecule has 1 aromatic carbocycles. The van der Waals surface area contributed by atoms with Crippen molar-refractivity contribution in [2.75, 3.05) is 0 Å². The van der Waals surface area contributed by atoms with Crippen molar-refractivity contribution in [2.45, 2.75) is 6.42 Å². The van der Waals surface area contributed by atoms with E-state index in [1.54, 1.807) is 0 Å². The minimum atomic E-state index is 0.818. The molecule has 15 heavy (non-hydrogen) atoms. The first-order valence-corrected chi connectivity index (χ1v) is 4.62. The molecule has 0 spiro atoms. The van der Waals surface area contributed by atoms with Gasteiger partial charge in [0.1, 0.15) is 12.7 Å². The molecule has 4 nitrogen and oxygen atoms in total. The van der Waals surface area contributed by atoms with Gasteiger partial charge in [0.15, 0.2) is 0 Å². The Morgan fingerprint density at radius 1 is 1.33 bits per heavy atom. The van der Waals surface area contributed by atoms with Crippen LogP contribution in [0.4, 0.5) is 0 Å². The van der Waals surface area contributed by atoms with E-state index in [-0.39, 0.29) is 0 Å². The molecule has 0 aliphatic rings. The molecule has 0 unspecified atom stereocenters. The predicted molar refractivity (Wildman–Crippen MR) is 57.6 cm³/mol. The third kappa shape index (κ3) is 2.90. The van der Waals surface area contributed by atoms with Gasteiger partial charge in [-0.3, -0.25) is 0 Å². The lowest BCUT2D eigenvalue weighted by molar-refractivity contribution is 0.744. The highest BCUT2D eigenvalue weighted by molar-refractivity contribution is 5.52. The fourth-order valence-electron chi connectivity index (χ4n) is 1.13. The van der Waals surface area contributed by atoms with Gasteiger partial charge in [-0.1, -0.05) is 30.3 Å². The van der Waals surface area contributed by atoms with Crippen LogP contribution in [0.3, 0.4) is 0 Å². The maximum absolute atomic E-state index is 3.92. The van der Waals surface area contributed by atoms with Crippen LogP contribution in [0.25, 0.3) is 0 Å². The largest absolute Gasteiger partial charge is 0.221 e. The second kappa shape index (κ2) is 4.88. The molecule has 0 N–H and O–H groups in total. The van der Waals surface area contributed by atoms with Crippen molar-refractivity contribution in [3.63, 3.8) is 0 Å². The molecule has 0 fully saturated rings. The minimum Gasteiger partial charge on any atom is -0.221 e. The number of allylic oxidation sites excluding steroid dienone is 1. The van der Waals surface area contributed by atoms with Crippen LogP contribution in [0.5, 0.6) is 0 Å².